The summed E-state index contributed by atoms with van der Waals surface area (Å²) >= 11 is 0. The number of phenolic OH excluding ortho intramolecular Hbond substituents is 2. The van der Waals surface area contributed by atoms with Crippen molar-refractivity contribution in [2.75, 3.05) is 0 Å². The summed E-state index contributed by atoms with van der Waals surface area (Å²) in [5.41, 5.74) is 1.01. The van der Waals surface area contributed by atoms with Crippen molar-refractivity contribution >= 4 is 0 Å². The Morgan fingerprint density at radius 3 is 2.15 bits per heavy atom. The molecule has 13 heavy (non-hydrogen) atoms. The zero-order valence-electron chi connectivity index (χ0n) is 7.95. The van der Waals surface area contributed by atoms with Crippen LogP contribution in [0.4, 0.5) is 0 Å². The molecule has 2 nitrogen and oxygen atoms in total. The summed E-state index contributed by atoms with van der Waals surface area (Å²) in [5, 5.41) is 18.4. The SMILES string of the molecule is CCCC[13CH2][13c]1c[13c](O)[13cH][13c](O)[13cH]1. The molecule has 0 bridgehead atoms. The Hall–Kier alpha value is -1.18. The normalized spacial score (nSPS) is 10.2. The van der Waals surface area contributed by atoms with Crippen LogP contribution in [0.5, 0.6) is 11.5 Å². The van der Waals surface area contributed by atoms with Crippen molar-refractivity contribution in [3.63, 3.8) is 0 Å². The number of aromatic hydroxyl groups is 2. The molecule has 72 valence electrons. The van der Waals surface area contributed by atoms with Crippen LogP contribution in [0.3, 0.4) is 0 Å². The molecule has 0 heterocycles. The summed E-state index contributed by atoms with van der Waals surface area (Å²) in [4.78, 5) is 0. The Balaban J connectivity index is 2.56. The topological polar surface area (TPSA) is 40.5 Å². The summed E-state index contributed by atoms with van der Waals surface area (Å²) in [6.07, 6.45) is 4.41. The van der Waals surface area contributed by atoms with Gasteiger partial charge in [-0.1, -0.05) is 19.8 Å². The van der Waals surface area contributed by atoms with E-state index in [9.17, 15) is 10.2 Å². The van der Waals surface area contributed by atoms with E-state index in [4.69, 9.17) is 0 Å². The standard InChI is InChI=1S/C11H16O2/c1-2-3-4-5-9-6-10(12)8-11(13)7-9/h6-8,12-13H,2-5H2,1H3/i5+1,6+1,8+1,9+1,10+1,11+1. The van der Waals surface area contributed by atoms with Gasteiger partial charge in [0.05, 0.1) is 0 Å². The zero-order chi connectivity index (χ0) is 9.68. The maximum Gasteiger partial charge on any atom is 0.119 e. The van der Waals surface area contributed by atoms with Crippen molar-refractivity contribution in [1.29, 1.82) is 0 Å². The summed E-state index contributed by atoms with van der Waals surface area (Å²) in [6, 6.07) is 4.76. The molecule has 0 aliphatic heterocycles. The molecule has 0 aliphatic carbocycles. The quantitative estimate of drug-likeness (QED) is 0.560. The van der Waals surface area contributed by atoms with Crippen molar-refractivity contribution in [2.24, 2.45) is 0 Å². The van der Waals surface area contributed by atoms with Gasteiger partial charge in [0.1, 0.15) is 11.5 Å². The molecule has 0 spiro atoms. The van der Waals surface area contributed by atoms with Gasteiger partial charge in [-0.05, 0) is 30.5 Å². The molecule has 0 unspecified atom stereocenters. The second kappa shape index (κ2) is 4.75. The second-order valence-electron chi connectivity index (χ2n) is 3.31. The van der Waals surface area contributed by atoms with Crippen LogP contribution in [-0.4, -0.2) is 10.2 Å². The Morgan fingerprint density at radius 2 is 1.62 bits per heavy atom. The summed E-state index contributed by atoms with van der Waals surface area (Å²) in [7, 11) is 0. The maximum absolute atomic E-state index is 9.19. The summed E-state index contributed by atoms with van der Waals surface area (Å²) < 4.78 is 0. The van der Waals surface area contributed by atoms with E-state index in [1.54, 1.807) is 12.1 Å². The lowest BCUT2D eigenvalue weighted by atomic mass is 10.3. The van der Waals surface area contributed by atoms with Crippen molar-refractivity contribution in [3.05, 3.63) is 23.8 Å². The van der Waals surface area contributed by atoms with Gasteiger partial charge in [-0.25, -0.2) is 0 Å². The first-order valence-electron chi connectivity index (χ1n) is 4.74. The number of hydrogen-bond donors (Lipinski definition) is 2. The highest BCUT2D eigenvalue weighted by atomic mass is 16.4. The van der Waals surface area contributed by atoms with Gasteiger partial charge >= 0.3 is 0 Å². The van der Waals surface area contributed by atoms with Gasteiger partial charge in [-0.2, -0.15) is 0 Å². The predicted octanol–water partition coefficient (Wildman–Crippen LogP) is 2.83. The largest absolute Gasteiger partial charge is 0.508 e. The first kappa shape index (κ1) is 9.90. The van der Waals surface area contributed by atoms with Crippen molar-refractivity contribution in [3.8, 4) is 11.5 Å². The third-order valence-electron chi connectivity index (χ3n) is 2.03. The Kier molecular flexibility index (Phi) is 3.62. The van der Waals surface area contributed by atoms with Crippen LogP contribution in [-0.2, 0) is 6.42 Å². The molecule has 1 aromatic rings. The average Bonchev–Trinajstić information content (AvgIpc) is 2.03. The van der Waals surface area contributed by atoms with Crippen LogP contribution < -0.4 is 0 Å². The number of unbranched alkanes of at least 4 members (excludes halogenated alkanes) is 2. The fraction of sp³-hybridized carbons (Fsp3) is 0.455. The highest BCUT2D eigenvalue weighted by Crippen LogP contribution is 2.21. The molecule has 1 rings (SSSR count). The number of benzene rings is 1. The minimum Gasteiger partial charge on any atom is -0.508 e. The van der Waals surface area contributed by atoms with E-state index >= 15 is 0 Å². The van der Waals surface area contributed by atoms with E-state index in [0.29, 0.717) is 0 Å². The van der Waals surface area contributed by atoms with Crippen molar-refractivity contribution in [2.45, 2.75) is 32.6 Å². The van der Waals surface area contributed by atoms with E-state index in [-0.39, 0.29) is 11.5 Å². The Bertz CT molecular complexity index is 249. The first-order valence-corrected chi connectivity index (χ1v) is 4.74. The molecule has 0 amide bonds. The summed E-state index contributed by atoms with van der Waals surface area (Å²) in [6.45, 7) is 2.15. The van der Waals surface area contributed by atoms with Gasteiger partial charge in [0, 0.05) is 6.07 Å². The molecule has 1 aromatic carbocycles. The molecule has 0 saturated carbocycles. The molecular formula is C11H16O2. The highest BCUT2D eigenvalue weighted by molar-refractivity contribution is 5.36. The Morgan fingerprint density at radius 1 is 1.00 bits per heavy atom. The van der Waals surface area contributed by atoms with Gasteiger partial charge in [0.15, 0.2) is 0 Å². The van der Waals surface area contributed by atoms with Crippen LogP contribution in [0.25, 0.3) is 0 Å². The molecule has 2 heteroatoms. The van der Waals surface area contributed by atoms with Gasteiger partial charge in [0.2, 0.25) is 0 Å². The van der Waals surface area contributed by atoms with E-state index in [2.05, 4.69) is 6.92 Å². The van der Waals surface area contributed by atoms with E-state index in [1.165, 1.54) is 18.9 Å². The van der Waals surface area contributed by atoms with E-state index in [1.807, 2.05) is 0 Å². The van der Waals surface area contributed by atoms with Crippen LogP contribution >= 0.6 is 0 Å². The fourth-order valence-corrected chi connectivity index (χ4v) is 1.38. The van der Waals surface area contributed by atoms with Gasteiger partial charge in [-0.3, -0.25) is 0 Å². The third-order valence-corrected chi connectivity index (χ3v) is 2.03. The summed E-state index contributed by atoms with van der Waals surface area (Å²) in [5.74, 6) is 0.290. The predicted molar refractivity (Wildman–Crippen MR) is 53.0 cm³/mol. The number of phenols is 2. The van der Waals surface area contributed by atoms with Crippen molar-refractivity contribution in [1.82, 2.24) is 0 Å². The lowest BCUT2D eigenvalue weighted by Gasteiger charge is -2.02. The van der Waals surface area contributed by atoms with Gasteiger partial charge < -0.3 is 10.2 Å². The number of rotatable bonds is 4. The monoisotopic (exact) mass is 186 g/mol. The fourth-order valence-electron chi connectivity index (χ4n) is 1.38. The molecule has 0 aromatic heterocycles. The molecule has 0 saturated heterocycles. The van der Waals surface area contributed by atoms with Crippen LogP contribution in [0.2, 0.25) is 0 Å². The van der Waals surface area contributed by atoms with Crippen LogP contribution in [0.1, 0.15) is 31.7 Å². The third kappa shape index (κ3) is 3.36. The number of hydrogen-bond acceptors (Lipinski definition) is 2. The average molecular weight is 186 g/mol. The maximum atomic E-state index is 9.19. The Labute approximate surface area is 78.8 Å². The van der Waals surface area contributed by atoms with E-state index in [0.717, 1.165) is 18.4 Å². The molecule has 2 N–H and O–H groups in total. The highest BCUT2D eigenvalue weighted by Gasteiger charge is 1.98. The lowest BCUT2D eigenvalue weighted by molar-refractivity contribution is 0.449. The van der Waals surface area contributed by atoms with Gasteiger partial charge in [0.25, 0.3) is 0 Å². The zero-order valence-corrected chi connectivity index (χ0v) is 7.95. The van der Waals surface area contributed by atoms with Gasteiger partial charge in [-0.15, -0.1) is 0 Å². The lowest BCUT2D eigenvalue weighted by Crippen LogP contribution is -1.84. The first-order chi connectivity index (χ1) is 6.22. The van der Waals surface area contributed by atoms with Crippen molar-refractivity contribution < 1.29 is 10.2 Å². The molecule has 0 radical (unpaired) electrons. The smallest absolute Gasteiger partial charge is 0.119 e. The molecule has 0 fully saturated rings. The van der Waals surface area contributed by atoms with Crippen LogP contribution in [0.15, 0.2) is 18.2 Å². The minimum absolute atomic E-state index is 0.145. The van der Waals surface area contributed by atoms with Crippen LogP contribution in [0, 0.1) is 0 Å². The minimum atomic E-state index is 0.145. The molecular weight excluding hydrogens is 170 g/mol. The number of aryl methyl sites for hydroxylation is 1. The van der Waals surface area contributed by atoms with E-state index < -0.39 is 0 Å². The molecule has 0 aliphatic rings. The molecule has 0 atom stereocenters. The second-order valence-corrected chi connectivity index (χ2v) is 3.31.